The van der Waals surface area contributed by atoms with Gasteiger partial charge in [0.1, 0.15) is 0 Å². The summed E-state index contributed by atoms with van der Waals surface area (Å²) in [5.74, 6) is 0.995. The van der Waals surface area contributed by atoms with Crippen LogP contribution in [-0.4, -0.2) is 83.8 Å². The summed E-state index contributed by atoms with van der Waals surface area (Å²) in [5, 5.41) is 11.4. The van der Waals surface area contributed by atoms with Crippen molar-refractivity contribution in [2.45, 2.75) is 40.2 Å². The maximum absolute atomic E-state index is 11.4. The fourth-order valence-electron chi connectivity index (χ4n) is 3.52. The molecule has 1 saturated heterocycles. The van der Waals surface area contributed by atoms with Gasteiger partial charge in [-0.25, -0.2) is 0 Å². The van der Waals surface area contributed by atoms with E-state index in [0.29, 0.717) is 0 Å². The van der Waals surface area contributed by atoms with Crippen LogP contribution >= 0.6 is 24.0 Å². The smallest absolute Gasteiger partial charge is 0.219 e. The molecule has 9 heteroatoms. The van der Waals surface area contributed by atoms with Crippen LogP contribution in [0.4, 0.5) is 0 Å². The fourth-order valence-corrected chi connectivity index (χ4v) is 3.52. The molecule has 160 valence electrons. The second-order valence-electron chi connectivity index (χ2n) is 7.37. The standard InChI is InChI=1S/C19H35N7O.HI/c1-14(13-18-15(2)23-24(6)16(18)3)22-19(20-5)21-7-8-25-9-11-26(12-10-25)17(4)27;/h14H,7-13H2,1-6H3,(H2,20,21,22);1H. The van der Waals surface area contributed by atoms with Crippen LogP contribution in [0.3, 0.4) is 0 Å². The van der Waals surface area contributed by atoms with Crippen molar-refractivity contribution in [2.75, 3.05) is 46.3 Å². The number of rotatable bonds is 6. The van der Waals surface area contributed by atoms with E-state index in [0.717, 1.165) is 57.3 Å². The highest BCUT2D eigenvalue weighted by molar-refractivity contribution is 14.0. The lowest BCUT2D eigenvalue weighted by molar-refractivity contribution is -0.130. The molecule has 2 rings (SSSR count). The first-order valence-electron chi connectivity index (χ1n) is 9.76. The van der Waals surface area contributed by atoms with Gasteiger partial charge in [-0.15, -0.1) is 24.0 Å². The van der Waals surface area contributed by atoms with E-state index in [1.54, 1.807) is 14.0 Å². The minimum absolute atomic E-state index is 0. The highest BCUT2D eigenvalue weighted by Gasteiger charge is 2.18. The molecule has 0 saturated carbocycles. The molecule has 0 aliphatic carbocycles. The Labute approximate surface area is 186 Å². The average molecular weight is 505 g/mol. The van der Waals surface area contributed by atoms with Gasteiger partial charge >= 0.3 is 0 Å². The van der Waals surface area contributed by atoms with Gasteiger partial charge in [0.05, 0.1) is 5.69 Å². The van der Waals surface area contributed by atoms with Gasteiger partial charge in [-0.05, 0) is 32.8 Å². The summed E-state index contributed by atoms with van der Waals surface area (Å²) in [5.41, 5.74) is 3.61. The van der Waals surface area contributed by atoms with Gasteiger partial charge in [0, 0.05) is 72.0 Å². The largest absolute Gasteiger partial charge is 0.355 e. The zero-order valence-corrected chi connectivity index (χ0v) is 20.4. The van der Waals surface area contributed by atoms with Crippen LogP contribution in [0.15, 0.2) is 4.99 Å². The van der Waals surface area contributed by atoms with Gasteiger partial charge in [0.2, 0.25) is 5.91 Å². The number of hydrogen-bond acceptors (Lipinski definition) is 4. The van der Waals surface area contributed by atoms with Crippen molar-refractivity contribution in [3.8, 4) is 0 Å². The molecular weight excluding hydrogens is 469 g/mol. The molecule has 28 heavy (non-hydrogen) atoms. The van der Waals surface area contributed by atoms with Gasteiger partial charge in [0.25, 0.3) is 0 Å². The van der Waals surface area contributed by atoms with Gasteiger partial charge in [0.15, 0.2) is 5.96 Å². The van der Waals surface area contributed by atoms with Crippen molar-refractivity contribution in [3.05, 3.63) is 17.0 Å². The Morgan fingerprint density at radius 2 is 1.89 bits per heavy atom. The summed E-state index contributed by atoms with van der Waals surface area (Å²) in [6.45, 7) is 13.3. The van der Waals surface area contributed by atoms with E-state index >= 15 is 0 Å². The summed E-state index contributed by atoms with van der Waals surface area (Å²) in [7, 11) is 3.79. The van der Waals surface area contributed by atoms with E-state index in [1.807, 2.05) is 16.6 Å². The molecule has 1 aliphatic rings. The number of halogens is 1. The zero-order chi connectivity index (χ0) is 20.0. The summed E-state index contributed by atoms with van der Waals surface area (Å²) >= 11 is 0. The lowest BCUT2D eigenvalue weighted by Crippen LogP contribution is -2.51. The maximum Gasteiger partial charge on any atom is 0.219 e. The third kappa shape index (κ3) is 6.91. The summed E-state index contributed by atoms with van der Waals surface area (Å²) in [6, 6.07) is 0.261. The molecule has 1 unspecified atom stereocenters. The number of nitrogens with one attached hydrogen (secondary N) is 2. The minimum Gasteiger partial charge on any atom is -0.355 e. The number of guanidine groups is 1. The van der Waals surface area contributed by atoms with Gasteiger partial charge in [-0.2, -0.15) is 5.10 Å². The molecule has 0 radical (unpaired) electrons. The molecule has 1 amide bonds. The second-order valence-corrected chi connectivity index (χ2v) is 7.37. The second kappa shape index (κ2) is 11.6. The third-order valence-corrected chi connectivity index (χ3v) is 5.31. The molecule has 0 aromatic carbocycles. The topological polar surface area (TPSA) is 77.8 Å². The highest BCUT2D eigenvalue weighted by Crippen LogP contribution is 2.14. The molecule has 1 fully saturated rings. The van der Waals surface area contributed by atoms with Crippen LogP contribution in [0, 0.1) is 13.8 Å². The summed E-state index contributed by atoms with van der Waals surface area (Å²) in [6.07, 6.45) is 0.916. The van der Waals surface area contributed by atoms with Crippen molar-refractivity contribution < 1.29 is 4.79 Å². The number of amides is 1. The molecule has 1 aliphatic heterocycles. The number of aromatic nitrogens is 2. The Morgan fingerprint density at radius 3 is 2.39 bits per heavy atom. The van der Waals surface area contributed by atoms with E-state index in [9.17, 15) is 4.79 Å². The SMILES string of the molecule is CN=C(NCCN1CCN(C(C)=O)CC1)NC(C)Cc1c(C)nn(C)c1C.I. The van der Waals surface area contributed by atoms with Crippen molar-refractivity contribution >= 4 is 35.8 Å². The summed E-state index contributed by atoms with van der Waals surface area (Å²) in [4.78, 5) is 20.0. The number of aryl methyl sites for hydroxylation is 2. The van der Waals surface area contributed by atoms with E-state index in [-0.39, 0.29) is 35.9 Å². The van der Waals surface area contributed by atoms with Crippen LogP contribution in [-0.2, 0) is 18.3 Å². The molecular formula is C19H36IN7O. The van der Waals surface area contributed by atoms with Gasteiger partial charge < -0.3 is 15.5 Å². The number of aliphatic imine (C=N–C) groups is 1. The van der Waals surface area contributed by atoms with Crippen molar-refractivity contribution in [3.63, 3.8) is 0 Å². The van der Waals surface area contributed by atoms with Gasteiger partial charge in [-0.3, -0.25) is 19.4 Å². The van der Waals surface area contributed by atoms with Crippen LogP contribution < -0.4 is 10.6 Å². The predicted octanol–water partition coefficient (Wildman–Crippen LogP) is 0.915. The first-order chi connectivity index (χ1) is 12.8. The first-order valence-corrected chi connectivity index (χ1v) is 9.76. The Balaban J connectivity index is 0.00000392. The zero-order valence-electron chi connectivity index (χ0n) is 18.1. The number of hydrogen-bond donors (Lipinski definition) is 2. The van der Waals surface area contributed by atoms with Crippen LogP contribution in [0.5, 0.6) is 0 Å². The van der Waals surface area contributed by atoms with Gasteiger partial charge in [-0.1, -0.05) is 0 Å². The van der Waals surface area contributed by atoms with Crippen LogP contribution in [0.1, 0.15) is 30.8 Å². The Hall–Kier alpha value is -1.36. The first kappa shape index (κ1) is 24.7. The Kier molecular flexibility index (Phi) is 10.2. The van der Waals surface area contributed by atoms with Crippen LogP contribution in [0.2, 0.25) is 0 Å². The lowest BCUT2D eigenvalue weighted by Gasteiger charge is -2.34. The lowest BCUT2D eigenvalue weighted by atomic mass is 10.1. The molecule has 8 nitrogen and oxygen atoms in total. The Morgan fingerprint density at radius 1 is 1.25 bits per heavy atom. The number of nitrogens with zero attached hydrogens (tertiary/aromatic N) is 5. The third-order valence-electron chi connectivity index (χ3n) is 5.31. The number of piperazine rings is 1. The molecule has 2 N–H and O–H groups in total. The Bertz CT molecular complexity index is 665. The van der Waals surface area contributed by atoms with E-state index < -0.39 is 0 Å². The van der Waals surface area contributed by atoms with Crippen LogP contribution in [0.25, 0.3) is 0 Å². The van der Waals surface area contributed by atoms with E-state index in [4.69, 9.17) is 0 Å². The number of carbonyl (C=O) groups excluding carboxylic acids is 1. The fraction of sp³-hybridized carbons (Fsp3) is 0.737. The van der Waals surface area contributed by atoms with Crippen molar-refractivity contribution in [1.82, 2.24) is 30.2 Å². The van der Waals surface area contributed by atoms with E-state index in [1.165, 1.54) is 11.3 Å². The molecule has 0 bridgehead atoms. The number of carbonyl (C=O) groups is 1. The van der Waals surface area contributed by atoms with Crippen molar-refractivity contribution in [1.29, 1.82) is 0 Å². The van der Waals surface area contributed by atoms with Crippen molar-refractivity contribution in [2.24, 2.45) is 12.0 Å². The predicted molar refractivity (Wildman–Crippen MR) is 124 cm³/mol. The molecule has 1 aromatic rings. The average Bonchev–Trinajstić information content (AvgIpc) is 2.87. The minimum atomic E-state index is 0. The quantitative estimate of drug-likeness (QED) is 0.342. The molecule has 1 atom stereocenters. The normalized spacial score (nSPS) is 16.5. The monoisotopic (exact) mass is 505 g/mol. The summed E-state index contributed by atoms with van der Waals surface area (Å²) < 4.78 is 1.94. The molecule has 0 spiro atoms. The maximum atomic E-state index is 11.4. The van der Waals surface area contributed by atoms with E-state index in [2.05, 4.69) is 46.4 Å². The highest BCUT2D eigenvalue weighted by atomic mass is 127. The molecule has 2 heterocycles. The molecule has 1 aromatic heterocycles.